The van der Waals surface area contributed by atoms with Crippen molar-refractivity contribution in [3.63, 3.8) is 0 Å². The number of pyridine rings is 2. The van der Waals surface area contributed by atoms with Crippen molar-refractivity contribution in [2.45, 2.75) is 73.4 Å². The van der Waals surface area contributed by atoms with Crippen LogP contribution in [0.4, 0.5) is 11.6 Å². The van der Waals surface area contributed by atoms with Crippen molar-refractivity contribution in [3.8, 4) is 0 Å². The number of hydrogen-bond donors (Lipinski definition) is 2. The number of nitrogens with zero attached hydrogens (tertiary/aromatic N) is 4. The van der Waals surface area contributed by atoms with E-state index in [-0.39, 0.29) is 0 Å². The second-order valence-corrected chi connectivity index (χ2v) is 9.61. The molecule has 2 unspecified atom stereocenters. The van der Waals surface area contributed by atoms with E-state index in [1.165, 1.54) is 24.0 Å². The minimum absolute atomic E-state index is 0.603. The minimum Gasteiger partial charge on any atom is -0.354 e. The molecule has 0 aliphatic carbocycles. The Morgan fingerprint density at radius 1 is 0.853 bits per heavy atom. The first-order chi connectivity index (χ1) is 16.4. The summed E-state index contributed by atoms with van der Waals surface area (Å²) in [5, 5.41) is 7.11. The zero-order chi connectivity index (χ0) is 24.9. The fraction of sp³-hybridized carbons (Fsp3) is 0.643. The van der Waals surface area contributed by atoms with E-state index in [4.69, 9.17) is 0 Å². The van der Waals surface area contributed by atoms with Crippen molar-refractivity contribution in [2.75, 3.05) is 49.1 Å². The van der Waals surface area contributed by atoms with Crippen LogP contribution in [-0.4, -0.2) is 61.3 Å². The van der Waals surface area contributed by atoms with Gasteiger partial charge in [-0.1, -0.05) is 34.6 Å². The maximum Gasteiger partial charge on any atom is 0.128 e. The normalized spacial score (nSPS) is 20.2. The molecule has 34 heavy (non-hydrogen) atoms. The Kier molecular flexibility index (Phi) is 12.3. The Morgan fingerprint density at radius 2 is 1.32 bits per heavy atom. The molecule has 0 spiro atoms. The Balaban J connectivity index is 0.000000225. The summed E-state index contributed by atoms with van der Waals surface area (Å²) in [7, 11) is 0. The first kappa shape index (κ1) is 28.1. The van der Waals surface area contributed by atoms with Crippen molar-refractivity contribution < 1.29 is 0 Å². The van der Waals surface area contributed by atoms with Crippen molar-refractivity contribution in [2.24, 2.45) is 5.92 Å². The molecule has 6 heteroatoms. The summed E-state index contributed by atoms with van der Waals surface area (Å²) in [6.45, 7) is 21.4. The Hall–Kier alpha value is -2.18. The molecule has 0 aromatic carbocycles. The highest BCUT2D eigenvalue weighted by atomic mass is 15.2. The van der Waals surface area contributed by atoms with E-state index in [1.807, 2.05) is 32.3 Å². The molecule has 2 aromatic heterocycles. The maximum atomic E-state index is 4.47. The maximum absolute atomic E-state index is 4.47. The molecule has 2 aliphatic heterocycles. The quantitative estimate of drug-likeness (QED) is 0.656. The zero-order valence-corrected chi connectivity index (χ0v) is 22.6. The van der Waals surface area contributed by atoms with Gasteiger partial charge in [0, 0.05) is 63.7 Å². The Morgan fingerprint density at radius 3 is 1.76 bits per heavy atom. The standard InChI is InChI=1S/C14H23N3.C12H19N3.C2H6/c1-11(2)8-13-10-17(7-6-15-13)14-9-12(3)4-5-16-14;1-3-11-9-15(7-6-13-11)12-8-10(2)4-5-14-12;1-2/h4-5,9,11,13,15H,6-8,10H2,1-3H3;4-5,8,11,13H,3,6-7,9H2,1-2H3;1-2H3. The molecule has 0 saturated carbocycles. The van der Waals surface area contributed by atoms with E-state index in [1.54, 1.807) is 0 Å². The number of piperazine rings is 2. The van der Waals surface area contributed by atoms with Crippen LogP contribution in [0.25, 0.3) is 0 Å². The summed E-state index contributed by atoms with van der Waals surface area (Å²) < 4.78 is 0. The predicted octanol–water partition coefficient (Wildman–Crippen LogP) is 4.82. The third kappa shape index (κ3) is 9.22. The first-order valence-electron chi connectivity index (χ1n) is 13.3. The summed E-state index contributed by atoms with van der Waals surface area (Å²) in [4.78, 5) is 13.7. The van der Waals surface area contributed by atoms with Gasteiger partial charge in [-0.25, -0.2) is 9.97 Å². The molecule has 0 bridgehead atoms. The van der Waals surface area contributed by atoms with Gasteiger partial charge in [-0.05, 0) is 68.0 Å². The monoisotopic (exact) mass is 468 g/mol. The van der Waals surface area contributed by atoms with Gasteiger partial charge in [0.25, 0.3) is 0 Å². The Labute approximate surface area is 208 Å². The molecule has 2 N–H and O–H groups in total. The van der Waals surface area contributed by atoms with Gasteiger partial charge in [0.1, 0.15) is 11.6 Å². The number of nitrogens with one attached hydrogen (secondary N) is 2. The van der Waals surface area contributed by atoms with E-state index in [2.05, 4.69) is 83.2 Å². The van der Waals surface area contributed by atoms with Crippen molar-refractivity contribution >= 4 is 11.6 Å². The van der Waals surface area contributed by atoms with Crippen LogP contribution in [0.3, 0.4) is 0 Å². The van der Waals surface area contributed by atoms with Gasteiger partial charge >= 0.3 is 0 Å². The van der Waals surface area contributed by atoms with Gasteiger partial charge < -0.3 is 20.4 Å². The second-order valence-electron chi connectivity index (χ2n) is 9.61. The van der Waals surface area contributed by atoms with Crippen LogP contribution in [0, 0.1) is 19.8 Å². The van der Waals surface area contributed by atoms with E-state index in [9.17, 15) is 0 Å². The second kappa shape index (κ2) is 14.9. The number of anilines is 2. The average molecular weight is 469 g/mol. The molecule has 0 radical (unpaired) electrons. The van der Waals surface area contributed by atoms with E-state index < -0.39 is 0 Å². The lowest BCUT2D eigenvalue weighted by Gasteiger charge is -2.35. The fourth-order valence-corrected chi connectivity index (χ4v) is 4.45. The number of aryl methyl sites for hydroxylation is 2. The zero-order valence-electron chi connectivity index (χ0n) is 22.6. The fourth-order valence-electron chi connectivity index (χ4n) is 4.45. The smallest absolute Gasteiger partial charge is 0.128 e. The topological polar surface area (TPSA) is 56.3 Å². The molecular formula is C28H48N6. The van der Waals surface area contributed by atoms with Crippen molar-refractivity contribution in [1.82, 2.24) is 20.6 Å². The summed E-state index contributed by atoms with van der Waals surface area (Å²) in [6, 6.07) is 9.66. The highest BCUT2D eigenvalue weighted by molar-refractivity contribution is 5.42. The van der Waals surface area contributed by atoms with Crippen LogP contribution in [-0.2, 0) is 0 Å². The number of aromatic nitrogens is 2. The molecule has 190 valence electrons. The first-order valence-corrected chi connectivity index (χ1v) is 13.3. The van der Waals surface area contributed by atoms with Gasteiger partial charge in [0.05, 0.1) is 0 Å². The molecule has 6 nitrogen and oxygen atoms in total. The molecule has 4 heterocycles. The van der Waals surface area contributed by atoms with E-state index in [0.717, 1.165) is 56.8 Å². The molecule has 2 atom stereocenters. The molecule has 0 amide bonds. The van der Waals surface area contributed by atoms with Crippen molar-refractivity contribution in [3.05, 3.63) is 47.8 Å². The van der Waals surface area contributed by atoms with Crippen LogP contribution in [0.1, 0.15) is 58.6 Å². The van der Waals surface area contributed by atoms with Gasteiger partial charge in [-0.2, -0.15) is 0 Å². The summed E-state index contributed by atoms with van der Waals surface area (Å²) in [5.74, 6) is 2.99. The number of hydrogen-bond acceptors (Lipinski definition) is 6. The summed E-state index contributed by atoms with van der Waals surface area (Å²) >= 11 is 0. The minimum atomic E-state index is 0.603. The molecule has 2 fully saturated rings. The lowest BCUT2D eigenvalue weighted by Crippen LogP contribution is -2.51. The molecule has 4 rings (SSSR count). The van der Waals surface area contributed by atoms with Gasteiger partial charge in [0.2, 0.25) is 0 Å². The lowest BCUT2D eigenvalue weighted by molar-refractivity contribution is 0.387. The summed E-state index contributed by atoms with van der Waals surface area (Å²) in [5.41, 5.74) is 2.57. The molecule has 2 saturated heterocycles. The highest BCUT2D eigenvalue weighted by Gasteiger charge is 2.21. The summed E-state index contributed by atoms with van der Waals surface area (Å²) in [6.07, 6.45) is 6.22. The van der Waals surface area contributed by atoms with Gasteiger partial charge in [0.15, 0.2) is 0 Å². The van der Waals surface area contributed by atoms with Crippen LogP contribution >= 0.6 is 0 Å². The van der Waals surface area contributed by atoms with Crippen molar-refractivity contribution in [1.29, 1.82) is 0 Å². The highest BCUT2D eigenvalue weighted by Crippen LogP contribution is 2.17. The van der Waals surface area contributed by atoms with E-state index >= 15 is 0 Å². The number of rotatable bonds is 5. The third-order valence-electron chi connectivity index (χ3n) is 6.21. The predicted molar refractivity (Wildman–Crippen MR) is 147 cm³/mol. The van der Waals surface area contributed by atoms with Crippen LogP contribution in [0.5, 0.6) is 0 Å². The molecule has 2 aliphatic rings. The average Bonchev–Trinajstić information content (AvgIpc) is 2.85. The Bertz CT molecular complexity index is 824. The third-order valence-corrected chi connectivity index (χ3v) is 6.21. The van der Waals surface area contributed by atoms with Gasteiger partial charge in [-0.3, -0.25) is 0 Å². The molecular weight excluding hydrogens is 420 g/mol. The SMILES string of the molecule is CC.CCC1CN(c2cc(C)ccn2)CCN1.Cc1ccnc(N2CCNC(CC(C)C)C2)c1. The van der Waals surface area contributed by atoms with Crippen LogP contribution < -0.4 is 20.4 Å². The largest absolute Gasteiger partial charge is 0.354 e. The van der Waals surface area contributed by atoms with Gasteiger partial charge in [-0.15, -0.1) is 0 Å². The van der Waals surface area contributed by atoms with E-state index in [0.29, 0.717) is 12.1 Å². The van der Waals surface area contributed by atoms with Crippen LogP contribution in [0.2, 0.25) is 0 Å². The van der Waals surface area contributed by atoms with Crippen LogP contribution in [0.15, 0.2) is 36.7 Å². The molecule has 2 aromatic rings. The lowest BCUT2D eigenvalue weighted by atomic mass is 10.0.